The molecule has 4 aromatic rings. The van der Waals surface area contributed by atoms with Gasteiger partial charge in [-0.15, -0.1) is 11.3 Å². The Morgan fingerprint density at radius 1 is 1.22 bits per heavy atom. The van der Waals surface area contributed by atoms with E-state index >= 15 is 0 Å². The minimum Gasteiger partial charge on any atom is -0.351 e. The Labute approximate surface area is 185 Å². The van der Waals surface area contributed by atoms with Gasteiger partial charge in [0.25, 0.3) is 5.91 Å². The smallest absolute Gasteiger partial charge is 0.351 e. The zero-order chi connectivity index (χ0) is 22.9. The topological polar surface area (TPSA) is 77.1 Å². The van der Waals surface area contributed by atoms with Crippen LogP contribution in [0.3, 0.4) is 0 Å². The maximum Gasteiger partial charge on any atom is 0.433 e. The van der Waals surface area contributed by atoms with Gasteiger partial charge in [-0.2, -0.15) is 23.4 Å². The summed E-state index contributed by atoms with van der Waals surface area (Å²) in [6.07, 6.45) is -1.54. The summed E-state index contributed by atoms with van der Waals surface area (Å²) in [7, 11) is 0. The molecule has 1 N–H and O–H groups in total. The molecule has 0 radical (unpaired) electrons. The maximum atomic E-state index is 13.7. The molecule has 0 aliphatic rings. The second-order valence-corrected chi connectivity index (χ2v) is 8.42. The summed E-state index contributed by atoms with van der Waals surface area (Å²) in [6.45, 7) is 4.87. The average molecular weight is 463 g/mol. The van der Waals surface area contributed by atoms with Gasteiger partial charge in [0.15, 0.2) is 17.0 Å². The van der Waals surface area contributed by atoms with Gasteiger partial charge in [0, 0.05) is 35.9 Å². The average Bonchev–Trinajstić information content (AvgIpc) is 3.48. The molecular formula is C21H21F3N6OS. The number of carbonyl (C=O) groups excluding carboxylic acids is 1. The Hall–Kier alpha value is -3.21. The molecule has 32 heavy (non-hydrogen) atoms. The molecule has 4 aromatic heterocycles. The number of hydrogen-bond acceptors (Lipinski definition) is 5. The molecular weight excluding hydrogens is 441 g/mol. The highest BCUT2D eigenvalue weighted by Gasteiger charge is 2.35. The number of aromatic nitrogens is 5. The van der Waals surface area contributed by atoms with Crippen LogP contribution in [0.5, 0.6) is 0 Å². The highest BCUT2D eigenvalue weighted by molar-refractivity contribution is 7.15. The van der Waals surface area contributed by atoms with Crippen LogP contribution >= 0.6 is 11.3 Å². The van der Waals surface area contributed by atoms with E-state index in [0.29, 0.717) is 28.9 Å². The van der Waals surface area contributed by atoms with Gasteiger partial charge >= 0.3 is 6.18 Å². The molecule has 0 saturated carbocycles. The fourth-order valence-corrected chi connectivity index (χ4v) is 4.18. The maximum absolute atomic E-state index is 13.7. The third kappa shape index (κ3) is 4.52. The first kappa shape index (κ1) is 22.0. The number of carbonyl (C=O) groups is 1. The van der Waals surface area contributed by atoms with Crippen molar-refractivity contribution in [3.63, 3.8) is 0 Å². The number of fused-ring (bicyclic) bond motifs is 1. The minimum absolute atomic E-state index is 0.0291. The van der Waals surface area contributed by atoms with Crippen LogP contribution < -0.4 is 5.32 Å². The number of amides is 1. The van der Waals surface area contributed by atoms with Crippen LogP contribution in [-0.4, -0.2) is 36.8 Å². The molecule has 4 rings (SSSR count). The summed E-state index contributed by atoms with van der Waals surface area (Å²) in [5, 5.41) is 10.7. The summed E-state index contributed by atoms with van der Waals surface area (Å²) in [5.41, 5.74) is 0.0950. The molecule has 0 aliphatic heterocycles. The van der Waals surface area contributed by atoms with Crippen LogP contribution in [0.15, 0.2) is 36.5 Å². The lowest BCUT2D eigenvalue weighted by molar-refractivity contribution is -0.142. The first-order chi connectivity index (χ1) is 15.3. The monoisotopic (exact) mass is 462 g/mol. The summed E-state index contributed by atoms with van der Waals surface area (Å²) < 4.78 is 43.6. The minimum atomic E-state index is -4.65. The normalized spacial score (nSPS) is 11.9. The summed E-state index contributed by atoms with van der Waals surface area (Å²) in [5.74, 6) is -0.549. The van der Waals surface area contributed by atoms with Gasteiger partial charge in [0.2, 0.25) is 0 Å². The standard InChI is InChI=1S/C21H21F3N6OS/c1-3-14-5-6-17(32-14)15-11-18(21(22,23)24)30-19(27-15)12-16(28-30)20(31)25-8-4-10-29-13(2)7-9-26-29/h5-7,9,11-12H,3-4,8,10H2,1-2H3,(H,25,31). The van der Waals surface area contributed by atoms with Crippen LogP contribution in [0.2, 0.25) is 0 Å². The Kier molecular flexibility index (Phi) is 6.00. The molecule has 168 valence electrons. The summed E-state index contributed by atoms with van der Waals surface area (Å²) >= 11 is 1.39. The molecule has 0 unspecified atom stereocenters. The highest BCUT2D eigenvalue weighted by Crippen LogP contribution is 2.34. The molecule has 0 atom stereocenters. The quantitative estimate of drug-likeness (QED) is 0.414. The van der Waals surface area contributed by atoms with E-state index in [4.69, 9.17) is 0 Å². The van der Waals surface area contributed by atoms with Crippen molar-refractivity contribution in [3.05, 3.63) is 58.5 Å². The van der Waals surface area contributed by atoms with Gasteiger partial charge in [-0.3, -0.25) is 9.48 Å². The Balaban J connectivity index is 1.56. The molecule has 7 nitrogen and oxygen atoms in total. The van der Waals surface area contributed by atoms with Gasteiger partial charge in [0.1, 0.15) is 0 Å². The van der Waals surface area contributed by atoms with Crippen molar-refractivity contribution in [3.8, 4) is 10.6 Å². The molecule has 0 bridgehead atoms. The lowest BCUT2D eigenvalue weighted by Gasteiger charge is -2.10. The van der Waals surface area contributed by atoms with Crippen LogP contribution in [0.4, 0.5) is 13.2 Å². The van der Waals surface area contributed by atoms with Crippen LogP contribution in [0.25, 0.3) is 16.2 Å². The molecule has 11 heteroatoms. The molecule has 0 aliphatic carbocycles. The largest absolute Gasteiger partial charge is 0.433 e. The number of halogens is 3. The fourth-order valence-electron chi connectivity index (χ4n) is 3.27. The summed E-state index contributed by atoms with van der Waals surface area (Å²) in [4.78, 5) is 18.5. The van der Waals surface area contributed by atoms with E-state index in [1.807, 2.05) is 30.7 Å². The van der Waals surface area contributed by atoms with Crippen molar-refractivity contribution in [2.24, 2.45) is 0 Å². The third-order valence-corrected chi connectivity index (χ3v) is 6.23. The number of rotatable bonds is 7. The van der Waals surface area contributed by atoms with E-state index in [-0.39, 0.29) is 17.0 Å². The molecule has 1 amide bonds. The van der Waals surface area contributed by atoms with Crippen LogP contribution in [0, 0.1) is 6.92 Å². The van der Waals surface area contributed by atoms with Crippen molar-refractivity contribution < 1.29 is 18.0 Å². The predicted molar refractivity (Wildman–Crippen MR) is 115 cm³/mol. The lowest BCUT2D eigenvalue weighted by Crippen LogP contribution is -2.26. The molecule has 0 saturated heterocycles. The van der Waals surface area contributed by atoms with E-state index in [9.17, 15) is 18.0 Å². The lowest BCUT2D eigenvalue weighted by atomic mass is 10.2. The van der Waals surface area contributed by atoms with E-state index in [1.165, 1.54) is 17.4 Å². The zero-order valence-corrected chi connectivity index (χ0v) is 18.3. The van der Waals surface area contributed by atoms with Gasteiger partial charge in [-0.05, 0) is 44.0 Å². The Morgan fingerprint density at radius 2 is 2.03 bits per heavy atom. The first-order valence-corrected chi connectivity index (χ1v) is 10.9. The number of hydrogen-bond donors (Lipinski definition) is 1. The highest BCUT2D eigenvalue weighted by atomic mass is 32.1. The number of aryl methyl sites for hydroxylation is 3. The molecule has 0 spiro atoms. The molecule has 0 fully saturated rings. The number of nitrogens with one attached hydrogen (secondary N) is 1. The van der Waals surface area contributed by atoms with E-state index in [0.717, 1.165) is 23.1 Å². The number of alkyl halides is 3. The summed E-state index contributed by atoms with van der Waals surface area (Å²) in [6, 6.07) is 7.76. The second-order valence-electron chi connectivity index (χ2n) is 7.25. The van der Waals surface area contributed by atoms with Crippen molar-refractivity contribution in [2.45, 2.75) is 39.4 Å². The van der Waals surface area contributed by atoms with Gasteiger partial charge in [-0.25, -0.2) is 9.50 Å². The Morgan fingerprint density at radius 3 is 2.69 bits per heavy atom. The van der Waals surface area contributed by atoms with Crippen molar-refractivity contribution in [1.29, 1.82) is 0 Å². The van der Waals surface area contributed by atoms with E-state index < -0.39 is 17.8 Å². The van der Waals surface area contributed by atoms with Crippen LogP contribution in [0.1, 0.15) is 40.1 Å². The fraction of sp³-hybridized carbons (Fsp3) is 0.333. The molecule has 4 heterocycles. The Bertz CT molecular complexity index is 1260. The van der Waals surface area contributed by atoms with Crippen LogP contribution in [-0.2, 0) is 19.1 Å². The number of thiophene rings is 1. The van der Waals surface area contributed by atoms with Gasteiger partial charge in [0.05, 0.1) is 10.6 Å². The van der Waals surface area contributed by atoms with E-state index in [1.54, 1.807) is 12.3 Å². The van der Waals surface area contributed by atoms with E-state index in [2.05, 4.69) is 20.5 Å². The zero-order valence-electron chi connectivity index (χ0n) is 17.5. The van der Waals surface area contributed by atoms with Gasteiger partial charge < -0.3 is 5.32 Å². The van der Waals surface area contributed by atoms with Crippen molar-refractivity contribution in [2.75, 3.05) is 6.54 Å². The van der Waals surface area contributed by atoms with Gasteiger partial charge in [-0.1, -0.05) is 6.92 Å². The third-order valence-electron chi connectivity index (χ3n) is 4.97. The predicted octanol–water partition coefficient (Wildman–Crippen LogP) is 4.36. The van der Waals surface area contributed by atoms with Crippen molar-refractivity contribution in [1.82, 2.24) is 29.7 Å². The second kappa shape index (κ2) is 8.73. The van der Waals surface area contributed by atoms with Crippen molar-refractivity contribution >= 4 is 22.9 Å². The number of nitrogens with zero attached hydrogens (tertiary/aromatic N) is 5. The molecule has 0 aromatic carbocycles. The SMILES string of the molecule is CCc1ccc(-c2cc(C(F)(F)F)n3nc(C(=O)NCCCn4nccc4C)cc3n2)s1. The first-order valence-electron chi connectivity index (χ1n) is 10.1.